The van der Waals surface area contributed by atoms with Gasteiger partial charge in [-0.05, 0) is 24.6 Å². The Balaban J connectivity index is 1.83. The first-order valence-corrected chi connectivity index (χ1v) is 11.3. The van der Waals surface area contributed by atoms with E-state index < -0.39 is 6.09 Å². The molecule has 0 spiro atoms. The maximum absolute atomic E-state index is 13.2. The van der Waals surface area contributed by atoms with Gasteiger partial charge in [0.15, 0.2) is 0 Å². The first kappa shape index (κ1) is 23.7. The van der Waals surface area contributed by atoms with Crippen molar-refractivity contribution in [1.82, 2.24) is 10.3 Å². The highest BCUT2D eigenvalue weighted by atomic mass is 16.5. The molecule has 4 rings (SSSR count). The molecule has 3 aromatic rings. The van der Waals surface area contributed by atoms with Gasteiger partial charge >= 0.3 is 11.7 Å². The topological polar surface area (TPSA) is 93.4 Å². The van der Waals surface area contributed by atoms with Gasteiger partial charge < -0.3 is 13.9 Å². The zero-order valence-electron chi connectivity index (χ0n) is 19.4. The fraction of sp³-hybridized carbons (Fsp3) is 0.346. The zero-order valence-corrected chi connectivity index (χ0v) is 19.4. The second-order valence-corrected chi connectivity index (χ2v) is 8.29. The summed E-state index contributed by atoms with van der Waals surface area (Å²) in [7, 11) is 1.29. The number of methoxy groups -OCH3 is 1. The van der Waals surface area contributed by atoms with Crippen LogP contribution in [0.4, 0.5) is 4.79 Å². The molecular formula is C26H29N3O5. The molecule has 2 heterocycles. The minimum Gasteiger partial charge on any atom is -0.452 e. The van der Waals surface area contributed by atoms with E-state index in [0.29, 0.717) is 36.6 Å². The molecule has 1 amide bonds. The standard InChI is InChI=1S/C26H29N3O5/c1-18(27-28-26(31)32-2)22(17-29-12-14-33-15-13-29)24(19-8-4-3-5-9-19)21-16-20-10-6-7-11-23(20)34-25(21)30/h3-11,16,22,24H,12-15,17H2,1-2H3,(H,28,31)/b27-18-/t22-,24-/m0/s1. The summed E-state index contributed by atoms with van der Waals surface area (Å²) in [6.07, 6.45) is -0.647. The maximum atomic E-state index is 13.2. The van der Waals surface area contributed by atoms with Gasteiger partial charge in [0.1, 0.15) is 5.58 Å². The van der Waals surface area contributed by atoms with Crippen LogP contribution in [0.15, 0.2) is 75.0 Å². The Morgan fingerprint density at radius 3 is 2.56 bits per heavy atom. The van der Waals surface area contributed by atoms with Crippen LogP contribution in [-0.2, 0) is 9.47 Å². The van der Waals surface area contributed by atoms with E-state index in [4.69, 9.17) is 9.15 Å². The van der Waals surface area contributed by atoms with E-state index in [1.54, 1.807) is 6.07 Å². The molecule has 1 N–H and O–H groups in total. The monoisotopic (exact) mass is 463 g/mol. The second kappa shape index (κ2) is 11.1. The Bertz CT molecular complexity index is 1200. The van der Waals surface area contributed by atoms with Crippen molar-refractivity contribution < 1.29 is 18.7 Å². The Morgan fingerprint density at radius 2 is 1.82 bits per heavy atom. The number of fused-ring (bicyclic) bond motifs is 1. The zero-order chi connectivity index (χ0) is 23.9. The number of morpholine rings is 1. The highest BCUT2D eigenvalue weighted by Crippen LogP contribution is 2.33. The number of carbonyl (C=O) groups excluding carboxylic acids is 1. The lowest BCUT2D eigenvalue weighted by Crippen LogP contribution is -2.43. The van der Waals surface area contributed by atoms with Crippen molar-refractivity contribution in [3.05, 3.63) is 82.2 Å². The summed E-state index contributed by atoms with van der Waals surface area (Å²) in [5.74, 6) is -0.560. The minimum atomic E-state index is -0.647. The van der Waals surface area contributed by atoms with Crippen molar-refractivity contribution in [3.63, 3.8) is 0 Å². The van der Waals surface area contributed by atoms with Crippen LogP contribution in [0.25, 0.3) is 11.0 Å². The summed E-state index contributed by atoms with van der Waals surface area (Å²) in [5, 5.41) is 5.18. The lowest BCUT2D eigenvalue weighted by atomic mass is 9.78. The molecule has 34 heavy (non-hydrogen) atoms. The van der Waals surface area contributed by atoms with Gasteiger partial charge in [0.25, 0.3) is 0 Å². The largest absolute Gasteiger partial charge is 0.452 e. The first-order chi connectivity index (χ1) is 16.6. The maximum Gasteiger partial charge on any atom is 0.427 e. The van der Waals surface area contributed by atoms with Crippen LogP contribution < -0.4 is 11.1 Å². The van der Waals surface area contributed by atoms with Crippen molar-refractivity contribution in [1.29, 1.82) is 0 Å². The van der Waals surface area contributed by atoms with Gasteiger partial charge in [-0.3, -0.25) is 4.90 Å². The second-order valence-electron chi connectivity index (χ2n) is 8.29. The molecule has 1 aliphatic heterocycles. The van der Waals surface area contributed by atoms with Gasteiger partial charge in [0.2, 0.25) is 0 Å². The molecule has 2 atom stereocenters. The van der Waals surface area contributed by atoms with Gasteiger partial charge in [-0.1, -0.05) is 48.5 Å². The third-order valence-electron chi connectivity index (χ3n) is 6.17. The number of amides is 1. The van der Waals surface area contributed by atoms with Gasteiger partial charge in [0.05, 0.1) is 20.3 Å². The molecule has 0 aliphatic carbocycles. The molecule has 0 unspecified atom stereocenters. The molecule has 8 heteroatoms. The number of para-hydroxylation sites is 1. The summed E-state index contributed by atoms with van der Waals surface area (Å²) in [5.41, 5.74) is 4.80. The normalized spacial score (nSPS) is 16.7. The SMILES string of the molecule is COC(=O)N/N=C(/C)[C@H](CN1CCOCC1)[C@@H](c1ccccc1)c1cc2ccccc2oc1=O. The molecule has 1 fully saturated rings. The number of benzene rings is 2. The van der Waals surface area contributed by atoms with Crippen molar-refractivity contribution in [2.24, 2.45) is 11.0 Å². The Kier molecular flexibility index (Phi) is 7.72. The lowest BCUT2D eigenvalue weighted by Gasteiger charge is -2.34. The number of ether oxygens (including phenoxy) is 2. The summed E-state index contributed by atoms with van der Waals surface area (Å²) in [6, 6.07) is 19.3. The van der Waals surface area contributed by atoms with Gasteiger partial charge in [-0.25, -0.2) is 15.0 Å². The molecule has 0 saturated carbocycles. The van der Waals surface area contributed by atoms with E-state index in [1.165, 1.54) is 7.11 Å². The van der Waals surface area contributed by atoms with E-state index in [-0.39, 0.29) is 17.5 Å². The molecule has 178 valence electrons. The quantitative estimate of drug-likeness (QED) is 0.327. The fourth-order valence-corrected chi connectivity index (χ4v) is 4.39. The summed E-state index contributed by atoms with van der Waals surface area (Å²) in [4.78, 5) is 27.3. The number of carbonyl (C=O) groups is 1. The Labute approximate surface area is 198 Å². The number of hydrogen-bond donors (Lipinski definition) is 1. The number of hydrazone groups is 1. The number of rotatable bonds is 7. The predicted octanol–water partition coefficient (Wildman–Crippen LogP) is 3.61. The van der Waals surface area contributed by atoms with E-state index in [9.17, 15) is 9.59 Å². The van der Waals surface area contributed by atoms with E-state index in [1.807, 2.05) is 61.5 Å². The fourth-order valence-electron chi connectivity index (χ4n) is 4.39. The highest BCUT2D eigenvalue weighted by Gasteiger charge is 2.32. The lowest BCUT2D eigenvalue weighted by molar-refractivity contribution is 0.0335. The van der Waals surface area contributed by atoms with E-state index >= 15 is 0 Å². The highest BCUT2D eigenvalue weighted by molar-refractivity contribution is 5.87. The third-order valence-corrected chi connectivity index (χ3v) is 6.17. The van der Waals surface area contributed by atoms with Crippen molar-refractivity contribution >= 4 is 22.8 Å². The molecule has 1 aromatic heterocycles. The van der Waals surface area contributed by atoms with Crippen LogP contribution in [0.5, 0.6) is 0 Å². The number of nitrogens with one attached hydrogen (secondary N) is 1. The number of hydrogen-bond acceptors (Lipinski definition) is 7. The van der Waals surface area contributed by atoms with Crippen molar-refractivity contribution in [2.75, 3.05) is 40.0 Å². The molecular weight excluding hydrogens is 434 g/mol. The first-order valence-electron chi connectivity index (χ1n) is 11.3. The third kappa shape index (κ3) is 5.52. The molecule has 1 saturated heterocycles. The average molecular weight is 464 g/mol. The van der Waals surface area contributed by atoms with Crippen LogP contribution in [0, 0.1) is 5.92 Å². The van der Waals surface area contributed by atoms with Crippen LogP contribution in [0.3, 0.4) is 0 Å². The molecule has 1 aliphatic rings. The van der Waals surface area contributed by atoms with Crippen LogP contribution >= 0.6 is 0 Å². The molecule has 0 radical (unpaired) electrons. The van der Waals surface area contributed by atoms with Crippen molar-refractivity contribution in [2.45, 2.75) is 12.8 Å². The Morgan fingerprint density at radius 1 is 1.12 bits per heavy atom. The minimum absolute atomic E-state index is 0.221. The van der Waals surface area contributed by atoms with E-state index in [2.05, 4.69) is 20.2 Å². The predicted molar refractivity (Wildman–Crippen MR) is 130 cm³/mol. The summed E-state index contributed by atoms with van der Waals surface area (Å²) >= 11 is 0. The van der Waals surface area contributed by atoms with Crippen molar-refractivity contribution in [3.8, 4) is 0 Å². The average Bonchev–Trinajstić information content (AvgIpc) is 2.88. The summed E-state index contributed by atoms with van der Waals surface area (Å²) in [6.45, 7) is 5.35. The Hall–Kier alpha value is -3.49. The van der Waals surface area contributed by atoms with E-state index in [0.717, 1.165) is 24.0 Å². The number of nitrogens with zero attached hydrogens (tertiary/aromatic N) is 2. The van der Waals surface area contributed by atoms with Gasteiger partial charge in [-0.15, -0.1) is 0 Å². The van der Waals surface area contributed by atoms with Gasteiger partial charge in [0, 0.05) is 48.1 Å². The molecule has 2 aromatic carbocycles. The smallest absolute Gasteiger partial charge is 0.427 e. The van der Waals surface area contributed by atoms with Gasteiger partial charge in [-0.2, -0.15) is 5.10 Å². The molecule has 8 nitrogen and oxygen atoms in total. The van der Waals surface area contributed by atoms with Crippen LogP contribution in [-0.4, -0.2) is 56.7 Å². The molecule has 0 bridgehead atoms. The summed E-state index contributed by atoms with van der Waals surface area (Å²) < 4.78 is 15.9. The van der Waals surface area contributed by atoms with Crippen LogP contribution in [0.2, 0.25) is 0 Å². The van der Waals surface area contributed by atoms with Crippen LogP contribution in [0.1, 0.15) is 24.0 Å².